The van der Waals surface area contributed by atoms with Crippen molar-refractivity contribution in [2.24, 2.45) is 11.8 Å². The summed E-state index contributed by atoms with van der Waals surface area (Å²) in [6.45, 7) is 6.46. The average molecular weight is 601 g/mol. The van der Waals surface area contributed by atoms with Gasteiger partial charge in [0.25, 0.3) is 5.89 Å². The van der Waals surface area contributed by atoms with Gasteiger partial charge in [0.05, 0.1) is 23.8 Å². The van der Waals surface area contributed by atoms with Crippen molar-refractivity contribution in [1.29, 1.82) is 0 Å². The Bertz CT molecular complexity index is 1790. The second-order valence-electron chi connectivity index (χ2n) is 11.7. The van der Waals surface area contributed by atoms with Gasteiger partial charge in [0, 0.05) is 31.0 Å². The minimum atomic E-state index is -0.685. The van der Waals surface area contributed by atoms with Crippen molar-refractivity contribution >= 4 is 28.7 Å². The van der Waals surface area contributed by atoms with Crippen molar-refractivity contribution in [3.8, 4) is 23.0 Å². The molecule has 12 heteroatoms. The zero-order chi connectivity index (χ0) is 29.5. The predicted octanol–water partition coefficient (Wildman–Crippen LogP) is 5.68. The van der Waals surface area contributed by atoms with Gasteiger partial charge in [-0.25, -0.2) is 19.9 Å². The number of imidazole rings is 1. The number of nitrogens with one attached hydrogen (secondary N) is 1. The van der Waals surface area contributed by atoms with Crippen LogP contribution in [-0.4, -0.2) is 54.0 Å². The minimum Gasteiger partial charge on any atom is -0.384 e. The molecular formula is C31H33ClN8O3. The van der Waals surface area contributed by atoms with Crippen LogP contribution < -0.4 is 10.7 Å². The van der Waals surface area contributed by atoms with Crippen molar-refractivity contribution in [2.45, 2.75) is 58.2 Å². The highest BCUT2D eigenvalue weighted by Crippen LogP contribution is 2.39. The lowest BCUT2D eigenvalue weighted by molar-refractivity contribution is 0.0221. The monoisotopic (exact) mass is 600 g/mol. The van der Waals surface area contributed by atoms with Gasteiger partial charge in [0.1, 0.15) is 11.2 Å². The molecule has 0 unspecified atom stereocenters. The number of halogens is 1. The van der Waals surface area contributed by atoms with Gasteiger partial charge < -0.3 is 18.6 Å². The van der Waals surface area contributed by atoms with E-state index in [0.717, 1.165) is 42.3 Å². The van der Waals surface area contributed by atoms with Crippen molar-refractivity contribution in [3.05, 3.63) is 69.9 Å². The summed E-state index contributed by atoms with van der Waals surface area (Å²) in [4.78, 5) is 33.4. The molecule has 0 bridgehead atoms. The van der Waals surface area contributed by atoms with Crippen LogP contribution in [0.15, 0.2) is 58.0 Å². The molecule has 222 valence electrons. The Morgan fingerprint density at radius 1 is 1.05 bits per heavy atom. The lowest BCUT2D eigenvalue weighted by Crippen LogP contribution is -2.45. The largest absolute Gasteiger partial charge is 0.434 e. The molecule has 5 aromatic rings. The van der Waals surface area contributed by atoms with Crippen molar-refractivity contribution < 1.29 is 9.15 Å². The standard InChI is InChI=1S/C31H33ClN8O3/c1-18-8-10-20(11-9-18)17-40-26-24(22-14-23(32)16-33-15-22)34-28(29-37-38-31(41)43-29)35-27(26)36-30(40)39-12-13-42-19(2)25(39)21-6-4-3-5-7-21/h3-7,14-16,18-20,25H,8-13,17H2,1-2H3,(H,38,41)/t18-,19-,20-,25+/m1/s1. The highest BCUT2D eigenvalue weighted by atomic mass is 35.5. The molecule has 4 aromatic heterocycles. The van der Waals surface area contributed by atoms with Crippen LogP contribution in [0.2, 0.25) is 5.02 Å². The van der Waals surface area contributed by atoms with E-state index < -0.39 is 5.76 Å². The summed E-state index contributed by atoms with van der Waals surface area (Å²) in [5, 5.41) is 6.78. The Kier molecular flexibility index (Phi) is 7.44. The Hall–Kier alpha value is -4.09. The number of morpholine rings is 1. The number of hydrogen-bond donors (Lipinski definition) is 1. The van der Waals surface area contributed by atoms with Crippen molar-refractivity contribution in [1.82, 2.24) is 34.7 Å². The first kappa shape index (κ1) is 27.7. The number of nitrogens with zero attached hydrogens (tertiary/aromatic N) is 7. The van der Waals surface area contributed by atoms with Crippen LogP contribution in [0.3, 0.4) is 0 Å². The SMILES string of the molecule is C[C@H]1OCCN(c2nc3nc(-c4n[nH]c(=O)o4)nc(-c4cncc(Cl)c4)c3n2C[C@H]2CC[C@H](C)CC2)[C@@H]1c1ccccc1. The number of hydrogen-bond acceptors (Lipinski definition) is 9. The van der Waals surface area contributed by atoms with E-state index in [0.29, 0.717) is 41.0 Å². The lowest BCUT2D eigenvalue weighted by Gasteiger charge is -2.41. The number of rotatable bonds is 6. The fraction of sp³-hybridized carbons (Fsp3) is 0.419. The first-order chi connectivity index (χ1) is 20.9. The summed E-state index contributed by atoms with van der Waals surface area (Å²) >= 11 is 6.42. The lowest BCUT2D eigenvalue weighted by atomic mass is 9.83. The maximum absolute atomic E-state index is 11.8. The first-order valence-corrected chi connectivity index (χ1v) is 15.2. The van der Waals surface area contributed by atoms with Crippen LogP contribution in [0, 0.1) is 11.8 Å². The number of ether oxygens (including phenoxy) is 1. The van der Waals surface area contributed by atoms with E-state index >= 15 is 0 Å². The smallest absolute Gasteiger partial charge is 0.384 e. The molecule has 0 amide bonds. The number of H-pyrrole nitrogens is 1. The van der Waals surface area contributed by atoms with Gasteiger partial charge in [-0.2, -0.15) is 4.98 Å². The third-order valence-corrected chi connectivity index (χ3v) is 8.86. The van der Waals surface area contributed by atoms with Crippen molar-refractivity contribution in [2.75, 3.05) is 18.1 Å². The quantitative estimate of drug-likeness (QED) is 0.262. The molecule has 7 rings (SSSR count). The van der Waals surface area contributed by atoms with Crippen LogP contribution in [0.5, 0.6) is 0 Å². The summed E-state index contributed by atoms with van der Waals surface area (Å²) in [6.07, 6.45) is 7.95. The summed E-state index contributed by atoms with van der Waals surface area (Å²) in [5.74, 6) is 1.48. The van der Waals surface area contributed by atoms with Gasteiger partial charge in [0.2, 0.25) is 11.8 Å². The zero-order valence-corrected chi connectivity index (χ0v) is 24.9. The highest BCUT2D eigenvalue weighted by Gasteiger charge is 2.36. The number of benzene rings is 1. The summed E-state index contributed by atoms with van der Waals surface area (Å²) in [7, 11) is 0. The number of anilines is 1. The molecule has 1 N–H and O–H groups in total. The molecule has 2 fully saturated rings. The third-order valence-electron chi connectivity index (χ3n) is 8.66. The van der Waals surface area contributed by atoms with Gasteiger partial charge in [-0.05, 0) is 43.2 Å². The molecule has 43 heavy (non-hydrogen) atoms. The second-order valence-corrected chi connectivity index (χ2v) is 12.1. The van der Waals surface area contributed by atoms with E-state index in [4.69, 9.17) is 35.7 Å². The maximum atomic E-state index is 11.8. The topological polar surface area (TPSA) is 128 Å². The normalized spacial score (nSPS) is 22.7. The molecule has 5 heterocycles. The number of fused-ring (bicyclic) bond motifs is 1. The Morgan fingerprint density at radius 2 is 1.86 bits per heavy atom. The molecule has 1 aromatic carbocycles. The average Bonchev–Trinajstić information content (AvgIpc) is 3.61. The van der Waals surface area contributed by atoms with E-state index in [1.54, 1.807) is 12.4 Å². The molecule has 1 saturated carbocycles. The highest BCUT2D eigenvalue weighted by molar-refractivity contribution is 6.30. The molecule has 0 radical (unpaired) electrons. The molecule has 11 nitrogen and oxygen atoms in total. The first-order valence-electron chi connectivity index (χ1n) is 14.8. The van der Waals surface area contributed by atoms with Crippen LogP contribution >= 0.6 is 11.6 Å². The van der Waals surface area contributed by atoms with Crippen LogP contribution in [-0.2, 0) is 11.3 Å². The van der Waals surface area contributed by atoms with Crippen LogP contribution in [0.1, 0.15) is 51.1 Å². The number of aromatic amines is 1. The van der Waals surface area contributed by atoms with Gasteiger partial charge in [0.15, 0.2) is 5.65 Å². The summed E-state index contributed by atoms with van der Waals surface area (Å²) in [5.41, 5.74) is 3.73. The molecule has 2 aliphatic rings. The Balaban J connectivity index is 1.46. The summed E-state index contributed by atoms with van der Waals surface area (Å²) < 4.78 is 13.7. The molecule has 0 spiro atoms. The van der Waals surface area contributed by atoms with E-state index in [1.807, 2.05) is 12.1 Å². The van der Waals surface area contributed by atoms with E-state index in [2.05, 4.69) is 62.8 Å². The fourth-order valence-electron chi connectivity index (χ4n) is 6.50. The third kappa shape index (κ3) is 5.43. The summed E-state index contributed by atoms with van der Waals surface area (Å²) in [6, 6.07) is 12.2. The van der Waals surface area contributed by atoms with E-state index in [9.17, 15) is 4.79 Å². The maximum Gasteiger partial charge on any atom is 0.434 e. The Morgan fingerprint density at radius 3 is 2.60 bits per heavy atom. The van der Waals surface area contributed by atoms with Gasteiger partial charge in [-0.15, -0.1) is 5.10 Å². The van der Waals surface area contributed by atoms with E-state index in [1.165, 1.54) is 12.8 Å². The molecule has 1 saturated heterocycles. The fourth-order valence-corrected chi connectivity index (χ4v) is 6.67. The molecular weight excluding hydrogens is 568 g/mol. The molecule has 1 aliphatic carbocycles. The van der Waals surface area contributed by atoms with Crippen LogP contribution in [0.25, 0.3) is 34.1 Å². The van der Waals surface area contributed by atoms with Gasteiger partial charge in [-0.1, -0.05) is 61.7 Å². The molecule has 2 atom stereocenters. The van der Waals surface area contributed by atoms with Crippen LogP contribution in [0.4, 0.5) is 5.95 Å². The zero-order valence-electron chi connectivity index (χ0n) is 24.1. The second kappa shape index (κ2) is 11.5. The Labute approximate surface area is 253 Å². The number of pyridine rings is 1. The number of aromatic nitrogens is 7. The predicted molar refractivity (Wildman–Crippen MR) is 163 cm³/mol. The minimum absolute atomic E-state index is 0.0114. The van der Waals surface area contributed by atoms with Crippen molar-refractivity contribution in [3.63, 3.8) is 0 Å². The van der Waals surface area contributed by atoms with Gasteiger partial charge >= 0.3 is 5.76 Å². The molecule has 1 aliphatic heterocycles. The van der Waals surface area contributed by atoms with E-state index in [-0.39, 0.29) is 23.9 Å². The van der Waals surface area contributed by atoms with Gasteiger partial charge in [-0.3, -0.25) is 4.98 Å².